The standard InChI is InChI=1S/C48H37N3O/c1-31-21-28-45(52)51(2)44-27-26-36(29-41(31)44)32-22-24-34(25-23-32)46-37-17-9-11-19-39(37)47(40-20-12-10-18-38(40)46)43-30-42(33-13-5-3-6-14-33)49-48(50-43)35-15-7-4-8-16-35/h3-20,22-27,29-31H,21,28H2,1-2H3/t31-/m1/s1. The highest BCUT2D eigenvalue weighted by Crippen LogP contribution is 2.44. The largest absolute Gasteiger partial charge is 0.315 e. The predicted octanol–water partition coefficient (Wildman–Crippen LogP) is 12.0. The van der Waals surface area contributed by atoms with Crippen LogP contribution < -0.4 is 4.90 Å². The Kier molecular flexibility index (Phi) is 7.93. The fourth-order valence-electron chi connectivity index (χ4n) is 7.82. The van der Waals surface area contributed by atoms with Crippen LogP contribution in [0.3, 0.4) is 0 Å². The lowest BCUT2D eigenvalue weighted by Crippen LogP contribution is -2.24. The number of hydrogen-bond donors (Lipinski definition) is 0. The van der Waals surface area contributed by atoms with Crippen molar-refractivity contribution in [3.63, 3.8) is 0 Å². The Bertz CT molecular complexity index is 2500. The van der Waals surface area contributed by atoms with Crippen LogP contribution in [0.1, 0.15) is 31.2 Å². The Labute approximate surface area is 304 Å². The van der Waals surface area contributed by atoms with Gasteiger partial charge in [0.05, 0.1) is 11.4 Å². The minimum Gasteiger partial charge on any atom is -0.315 e. The molecular weight excluding hydrogens is 635 g/mol. The molecule has 0 bridgehead atoms. The second kappa shape index (κ2) is 13.1. The summed E-state index contributed by atoms with van der Waals surface area (Å²) in [6.45, 7) is 2.23. The first-order valence-corrected chi connectivity index (χ1v) is 18.0. The van der Waals surface area contributed by atoms with Crippen LogP contribution in [0, 0.1) is 0 Å². The summed E-state index contributed by atoms with van der Waals surface area (Å²) in [7, 11) is 1.89. The van der Waals surface area contributed by atoms with Gasteiger partial charge in [0.1, 0.15) is 0 Å². The highest BCUT2D eigenvalue weighted by Gasteiger charge is 2.24. The summed E-state index contributed by atoms with van der Waals surface area (Å²) < 4.78 is 0. The molecule has 4 nitrogen and oxygen atoms in total. The van der Waals surface area contributed by atoms with Crippen LogP contribution in [0.5, 0.6) is 0 Å². The molecule has 0 spiro atoms. The van der Waals surface area contributed by atoms with Gasteiger partial charge in [-0.05, 0) is 79.9 Å². The minimum absolute atomic E-state index is 0.182. The third kappa shape index (κ3) is 5.53. The number of anilines is 1. The molecule has 2 heterocycles. The lowest BCUT2D eigenvalue weighted by molar-refractivity contribution is -0.118. The van der Waals surface area contributed by atoms with E-state index in [1.165, 1.54) is 21.9 Å². The van der Waals surface area contributed by atoms with Crippen LogP contribution in [0.25, 0.3) is 77.7 Å². The Morgan fingerprint density at radius 2 is 1.04 bits per heavy atom. The molecule has 1 aliphatic heterocycles. The van der Waals surface area contributed by atoms with Crippen LogP contribution in [0.2, 0.25) is 0 Å². The van der Waals surface area contributed by atoms with Crippen molar-refractivity contribution in [3.8, 4) is 56.2 Å². The average molecular weight is 672 g/mol. The summed E-state index contributed by atoms with van der Waals surface area (Å²) in [6.07, 6.45) is 1.45. The van der Waals surface area contributed by atoms with Crippen LogP contribution in [-0.4, -0.2) is 22.9 Å². The van der Waals surface area contributed by atoms with E-state index < -0.39 is 0 Å². The second-order valence-corrected chi connectivity index (χ2v) is 13.8. The zero-order chi connectivity index (χ0) is 35.2. The molecule has 0 N–H and O–H groups in total. The third-order valence-corrected chi connectivity index (χ3v) is 10.6. The molecule has 7 aromatic carbocycles. The Morgan fingerprint density at radius 3 is 1.67 bits per heavy atom. The van der Waals surface area contributed by atoms with E-state index >= 15 is 0 Å². The summed E-state index contributed by atoms with van der Waals surface area (Å²) in [5, 5.41) is 4.65. The van der Waals surface area contributed by atoms with E-state index in [4.69, 9.17) is 9.97 Å². The number of carbonyl (C=O) groups excluding carboxylic acids is 1. The number of benzene rings is 7. The molecule has 4 heteroatoms. The lowest BCUT2D eigenvalue weighted by Gasteiger charge is -2.20. The summed E-state index contributed by atoms with van der Waals surface area (Å²) in [4.78, 5) is 24.8. The van der Waals surface area contributed by atoms with E-state index in [1.54, 1.807) is 0 Å². The molecule has 8 aromatic rings. The van der Waals surface area contributed by atoms with Crippen LogP contribution in [-0.2, 0) is 4.79 Å². The number of hydrogen-bond acceptors (Lipinski definition) is 3. The molecule has 1 atom stereocenters. The molecule has 52 heavy (non-hydrogen) atoms. The zero-order valence-corrected chi connectivity index (χ0v) is 29.3. The molecule has 0 unspecified atom stereocenters. The Morgan fingerprint density at radius 1 is 0.519 bits per heavy atom. The van der Waals surface area contributed by atoms with E-state index in [9.17, 15) is 4.79 Å². The Hall–Kier alpha value is -6.39. The molecular formula is C48H37N3O. The van der Waals surface area contributed by atoms with E-state index in [-0.39, 0.29) is 5.91 Å². The van der Waals surface area contributed by atoms with Gasteiger partial charge in [-0.3, -0.25) is 4.79 Å². The SMILES string of the molecule is C[C@@H]1CCC(=O)N(C)c2ccc(-c3ccc(-c4c5ccccc5c(-c5cc(-c6ccccc6)nc(-c6ccccc6)n5)c5ccccc45)cc3)cc21. The number of carbonyl (C=O) groups is 1. The van der Waals surface area contributed by atoms with E-state index in [0.29, 0.717) is 18.2 Å². The molecule has 1 amide bonds. The molecule has 0 fully saturated rings. The van der Waals surface area contributed by atoms with Gasteiger partial charge >= 0.3 is 0 Å². The van der Waals surface area contributed by atoms with Gasteiger partial charge in [0.25, 0.3) is 0 Å². The summed E-state index contributed by atoms with van der Waals surface area (Å²) in [5.41, 5.74) is 11.9. The first-order valence-electron chi connectivity index (χ1n) is 18.0. The molecule has 250 valence electrons. The van der Waals surface area contributed by atoms with Gasteiger partial charge in [-0.15, -0.1) is 0 Å². The van der Waals surface area contributed by atoms with Gasteiger partial charge in [-0.25, -0.2) is 9.97 Å². The van der Waals surface area contributed by atoms with Crippen LogP contribution in [0.15, 0.2) is 158 Å². The topological polar surface area (TPSA) is 46.1 Å². The van der Waals surface area contributed by atoms with Crippen molar-refractivity contribution in [1.82, 2.24) is 9.97 Å². The zero-order valence-electron chi connectivity index (χ0n) is 29.3. The first-order chi connectivity index (χ1) is 25.5. The van der Waals surface area contributed by atoms with E-state index in [2.05, 4.69) is 140 Å². The van der Waals surface area contributed by atoms with Crippen molar-refractivity contribution in [2.45, 2.75) is 25.7 Å². The summed E-state index contributed by atoms with van der Waals surface area (Å²) in [6, 6.07) is 55.6. The Balaban J connectivity index is 1.21. The molecule has 0 radical (unpaired) electrons. The maximum absolute atomic E-state index is 12.6. The molecule has 1 aromatic heterocycles. The monoisotopic (exact) mass is 671 g/mol. The van der Waals surface area contributed by atoms with Crippen molar-refractivity contribution in [2.24, 2.45) is 0 Å². The normalized spacial score (nSPS) is 14.4. The number of amides is 1. The summed E-state index contributed by atoms with van der Waals surface area (Å²) >= 11 is 0. The molecule has 9 rings (SSSR count). The highest BCUT2D eigenvalue weighted by molar-refractivity contribution is 6.21. The predicted molar refractivity (Wildman–Crippen MR) is 215 cm³/mol. The molecule has 1 aliphatic rings. The van der Waals surface area contributed by atoms with E-state index in [0.717, 1.165) is 67.6 Å². The van der Waals surface area contributed by atoms with Crippen molar-refractivity contribution in [3.05, 3.63) is 163 Å². The number of rotatable bonds is 5. The highest BCUT2D eigenvalue weighted by atomic mass is 16.2. The second-order valence-electron chi connectivity index (χ2n) is 13.8. The van der Waals surface area contributed by atoms with Gasteiger partial charge in [0, 0.05) is 35.8 Å². The average Bonchev–Trinajstić information content (AvgIpc) is 3.31. The van der Waals surface area contributed by atoms with Gasteiger partial charge in [-0.2, -0.15) is 0 Å². The lowest BCUT2D eigenvalue weighted by atomic mass is 9.86. The van der Waals surface area contributed by atoms with Crippen molar-refractivity contribution >= 4 is 33.1 Å². The fraction of sp³-hybridized carbons (Fsp3) is 0.104. The molecule has 0 saturated carbocycles. The van der Waals surface area contributed by atoms with Gasteiger partial charge in [-0.1, -0.05) is 146 Å². The number of aromatic nitrogens is 2. The molecule has 0 saturated heterocycles. The van der Waals surface area contributed by atoms with E-state index in [1.807, 2.05) is 36.2 Å². The first kappa shape index (κ1) is 31.6. The maximum Gasteiger partial charge on any atom is 0.226 e. The van der Waals surface area contributed by atoms with Gasteiger partial charge in [0.15, 0.2) is 5.82 Å². The van der Waals surface area contributed by atoms with Crippen LogP contribution >= 0.6 is 0 Å². The van der Waals surface area contributed by atoms with Crippen molar-refractivity contribution in [1.29, 1.82) is 0 Å². The third-order valence-electron chi connectivity index (χ3n) is 10.6. The maximum atomic E-state index is 12.6. The quantitative estimate of drug-likeness (QED) is 0.171. The summed E-state index contributed by atoms with van der Waals surface area (Å²) in [5.74, 6) is 1.21. The van der Waals surface area contributed by atoms with Crippen molar-refractivity contribution < 1.29 is 4.79 Å². The van der Waals surface area contributed by atoms with Gasteiger partial charge in [0.2, 0.25) is 5.91 Å². The number of nitrogens with zero attached hydrogens (tertiary/aromatic N) is 3. The van der Waals surface area contributed by atoms with Crippen molar-refractivity contribution in [2.75, 3.05) is 11.9 Å². The minimum atomic E-state index is 0.182. The number of fused-ring (bicyclic) bond motifs is 3. The van der Waals surface area contributed by atoms with Gasteiger partial charge < -0.3 is 4.90 Å². The molecule has 0 aliphatic carbocycles. The smallest absolute Gasteiger partial charge is 0.226 e. The fourth-order valence-corrected chi connectivity index (χ4v) is 7.82. The van der Waals surface area contributed by atoms with Crippen LogP contribution in [0.4, 0.5) is 5.69 Å².